The number of esters is 1. The van der Waals surface area contributed by atoms with Gasteiger partial charge in [-0.3, -0.25) is 4.79 Å². The summed E-state index contributed by atoms with van der Waals surface area (Å²) < 4.78 is 4.61. The second kappa shape index (κ2) is 5.79. The number of ether oxygens (including phenoxy) is 1. The van der Waals surface area contributed by atoms with E-state index in [1.165, 1.54) is 18.4 Å². The number of amides is 1. The molecule has 0 saturated carbocycles. The molecule has 0 aliphatic carbocycles. The lowest BCUT2D eigenvalue weighted by atomic mass is 10.1. The second-order valence-corrected chi connectivity index (χ2v) is 4.83. The molecule has 1 aromatic rings. The fourth-order valence-electron chi connectivity index (χ4n) is 1.18. The Morgan fingerprint density at radius 1 is 1.47 bits per heavy atom. The zero-order chi connectivity index (χ0) is 13.0. The van der Waals surface area contributed by atoms with E-state index in [-0.39, 0.29) is 11.8 Å². The fourth-order valence-corrected chi connectivity index (χ4v) is 1.94. The van der Waals surface area contributed by atoms with Crippen LogP contribution in [0.2, 0.25) is 0 Å². The van der Waals surface area contributed by atoms with E-state index in [0.717, 1.165) is 0 Å². The summed E-state index contributed by atoms with van der Waals surface area (Å²) in [6.07, 6.45) is 0. The van der Waals surface area contributed by atoms with Gasteiger partial charge in [0, 0.05) is 0 Å². The first-order valence-corrected chi connectivity index (χ1v) is 6.07. The summed E-state index contributed by atoms with van der Waals surface area (Å²) in [6, 6.07) is 1.06. The molecular weight excluding hydrogens is 240 g/mol. The van der Waals surface area contributed by atoms with Crippen LogP contribution >= 0.6 is 11.3 Å². The van der Waals surface area contributed by atoms with Crippen LogP contribution in [0.5, 0.6) is 0 Å². The smallest absolute Gasteiger partial charge is 0.350 e. The molecule has 0 unspecified atom stereocenters. The number of methoxy groups -OCH3 is 1. The normalized spacial score (nSPS) is 12.3. The zero-order valence-electron chi connectivity index (χ0n) is 10.0. The molecule has 17 heavy (non-hydrogen) atoms. The van der Waals surface area contributed by atoms with Crippen LogP contribution in [-0.2, 0) is 9.53 Å². The molecule has 0 aliphatic rings. The Bertz CT molecular complexity index is 415. The fraction of sp³-hybridized carbons (Fsp3) is 0.455. The predicted molar refractivity (Wildman–Crippen MR) is 67.1 cm³/mol. The molecule has 6 heteroatoms. The van der Waals surface area contributed by atoms with Crippen LogP contribution in [0.15, 0.2) is 11.4 Å². The van der Waals surface area contributed by atoms with E-state index in [1.807, 2.05) is 13.8 Å². The van der Waals surface area contributed by atoms with E-state index >= 15 is 0 Å². The summed E-state index contributed by atoms with van der Waals surface area (Å²) in [5.41, 5.74) is 6.16. The summed E-state index contributed by atoms with van der Waals surface area (Å²) in [5.74, 6) is -0.729. The third-order valence-electron chi connectivity index (χ3n) is 2.31. The minimum Gasteiger partial charge on any atom is -0.465 e. The first kappa shape index (κ1) is 13.7. The van der Waals surface area contributed by atoms with Gasteiger partial charge < -0.3 is 15.8 Å². The molecule has 0 radical (unpaired) electrons. The van der Waals surface area contributed by atoms with Crippen LogP contribution in [0.25, 0.3) is 0 Å². The van der Waals surface area contributed by atoms with Gasteiger partial charge in [-0.05, 0) is 17.4 Å². The van der Waals surface area contributed by atoms with Gasteiger partial charge in [0.25, 0.3) is 0 Å². The highest BCUT2D eigenvalue weighted by Gasteiger charge is 2.20. The van der Waals surface area contributed by atoms with Crippen molar-refractivity contribution in [2.75, 3.05) is 12.4 Å². The highest BCUT2D eigenvalue weighted by atomic mass is 32.1. The quantitative estimate of drug-likeness (QED) is 0.799. The maximum absolute atomic E-state index is 11.7. The van der Waals surface area contributed by atoms with Crippen molar-refractivity contribution in [2.24, 2.45) is 11.7 Å². The molecule has 0 aliphatic heterocycles. The topological polar surface area (TPSA) is 81.4 Å². The number of carbonyl (C=O) groups excluding carboxylic acids is 2. The Morgan fingerprint density at radius 3 is 2.65 bits per heavy atom. The summed E-state index contributed by atoms with van der Waals surface area (Å²) in [7, 11) is 1.30. The van der Waals surface area contributed by atoms with Crippen LogP contribution in [-0.4, -0.2) is 25.0 Å². The van der Waals surface area contributed by atoms with Crippen LogP contribution < -0.4 is 11.1 Å². The van der Waals surface area contributed by atoms with Crippen LogP contribution in [0.3, 0.4) is 0 Å². The van der Waals surface area contributed by atoms with Crippen LogP contribution in [0.1, 0.15) is 23.5 Å². The number of nitrogens with one attached hydrogen (secondary N) is 1. The Morgan fingerprint density at radius 2 is 2.12 bits per heavy atom. The summed E-state index contributed by atoms with van der Waals surface area (Å²) >= 11 is 1.21. The van der Waals surface area contributed by atoms with Gasteiger partial charge in [0.1, 0.15) is 4.88 Å². The van der Waals surface area contributed by atoms with Crippen molar-refractivity contribution < 1.29 is 14.3 Å². The standard InChI is InChI=1S/C11H16N2O3S/c1-6(2)8(12)10(14)13-7-4-5-17-9(7)11(15)16-3/h4-6,8H,12H2,1-3H3,(H,13,14)/t8-/m1/s1. The number of rotatable bonds is 4. The number of thiophene rings is 1. The van der Waals surface area contributed by atoms with Crippen molar-refractivity contribution in [3.63, 3.8) is 0 Å². The Hall–Kier alpha value is -1.40. The maximum atomic E-state index is 11.7. The van der Waals surface area contributed by atoms with Gasteiger partial charge in [-0.25, -0.2) is 4.79 Å². The minimum atomic E-state index is -0.597. The second-order valence-electron chi connectivity index (χ2n) is 3.91. The number of nitrogens with two attached hydrogens (primary N) is 1. The number of carbonyl (C=O) groups is 2. The van der Waals surface area contributed by atoms with E-state index < -0.39 is 12.0 Å². The minimum absolute atomic E-state index is 0.0372. The lowest BCUT2D eigenvalue weighted by molar-refractivity contribution is -0.118. The largest absolute Gasteiger partial charge is 0.465 e. The molecule has 0 fully saturated rings. The highest BCUT2D eigenvalue weighted by Crippen LogP contribution is 2.23. The van der Waals surface area contributed by atoms with Crippen molar-refractivity contribution in [2.45, 2.75) is 19.9 Å². The van der Waals surface area contributed by atoms with Crippen molar-refractivity contribution in [1.29, 1.82) is 0 Å². The lowest BCUT2D eigenvalue weighted by Gasteiger charge is -2.15. The Kier molecular flexibility index (Phi) is 4.65. The third kappa shape index (κ3) is 3.28. The molecule has 94 valence electrons. The van der Waals surface area contributed by atoms with Gasteiger partial charge >= 0.3 is 5.97 Å². The van der Waals surface area contributed by atoms with Gasteiger partial charge in [0.05, 0.1) is 18.8 Å². The van der Waals surface area contributed by atoms with E-state index in [0.29, 0.717) is 10.6 Å². The molecule has 1 heterocycles. The van der Waals surface area contributed by atoms with Crippen molar-refractivity contribution in [3.8, 4) is 0 Å². The predicted octanol–water partition coefficient (Wildman–Crippen LogP) is 1.46. The monoisotopic (exact) mass is 256 g/mol. The third-order valence-corrected chi connectivity index (χ3v) is 3.21. The molecule has 1 rings (SSSR count). The summed E-state index contributed by atoms with van der Waals surface area (Å²) in [6.45, 7) is 3.72. The molecule has 1 amide bonds. The molecule has 1 aromatic heterocycles. The highest BCUT2D eigenvalue weighted by molar-refractivity contribution is 7.12. The summed E-state index contributed by atoms with van der Waals surface area (Å²) in [4.78, 5) is 23.5. The molecule has 0 spiro atoms. The zero-order valence-corrected chi connectivity index (χ0v) is 10.8. The van der Waals surface area contributed by atoms with Crippen molar-refractivity contribution in [1.82, 2.24) is 0 Å². The molecule has 1 atom stereocenters. The van der Waals surface area contributed by atoms with Crippen molar-refractivity contribution in [3.05, 3.63) is 16.3 Å². The van der Waals surface area contributed by atoms with Gasteiger partial charge in [-0.15, -0.1) is 11.3 Å². The number of hydrogen-bond donors (Lipinski definition) is 2. The van der Waals surface area contributed by atoms with E-state index in [2.05, 4.69) is 10.1 Å². The van der Waals surface area contributed by atoms with E-state index in [4.69, 9.17) is 5.73 Å². The van der Waals surface area contributed by atoms with Gasteiger partial charge in [-0.1, -0.05) is 13.8 Å². The van der Waals surface area contributed by atoms with Crippen LogP contribution in [0, 0.1) is 5.92 Å². The Balaban J connectivity index is 2.79. The molecule has 3 N–H and O–H groups in total. The number of hydrogen-bond acceptors (Lipinski definition) is 5. The molecule has 5 nitrogen and oxygen atoms in total. The number of anilines is 1. The first-order chi connectivity index (χ1) is 7.97. The molecule has 0 aromatic carbocycles. The van der Waals surface area contributed by atoms with Gasteiger partial charge in [0.15, 0.2) is 0 Å². The molecule has 0 bridgehead atoms. The SMILES string of the molecule is COC(=O)c1sccc1NC(=O)[C@H](N)C(C)C. The van der Waals surface area contributed by atoms with E-state index in [1.54, 1.807) is 11.4 Å². The molecule has 0 saturated heterocycles. The summed E-state index contributed by atoms with van der Waals surface area (Å²) in [5, 5.41) is 4.34. The average molecular weight is 256 g/mol. The lowest BCUT2D eigenvalue weighted by Crippen LogP contribution is -2.39. The first-order valence-electron chi connectivity index (χ1n) is 5.19. The van der Waals surface area contributed by atoms with E-state index in [9.17, 15) is 9.59 Å². The maximum Gasteiger partial charge on any atom is 0.350 e. The van der Waals surface area contributed by atoms with Gasteiger partial charge in [0.2, 0.25) is 5.91 Å². The Labute approximate surface area is 104 Å². The average Bonchev–Trinajstić information content (AvgIpc) is 2.74. The van der Waals surface area contributed by atoms with Crippen LogP contribution in [0.4, 0.5) is 5.69 Å². The van der Waals surface area contributed by atoms with Gasteiger partial charge in [-0.2, -0.15) is 0 Å². The molecular formula is C11H16N2O3S. The van der Waals surface area contributed by atoms with Crippen molar-refractivity contribution >= 4 is 28.9 Å².